The summed E-state index contributed by atoms with van der Waals surface area (Å²) in [6, 6.07) is 0. The van der Waals surface area contributed by atoms with Crippen LogP contribution in [-0.2, 0) is 27.5 Å². The van der Waals surface area contributed by atoms with Gasteiger partial charge in [-0.2, -0.15) is 0 Å². The Kier molecular flexibility index (Phi) is 4.08. The summed E-state index contributed by atoms with van der Waals surface area (Å²) in [5.74, 6) is 0. The molecule has 0 unspecified atom stereocenters. The molecule has 0 rings (SSSR count). The van der Waals surface area contributed by atoms with Gasteiger partial charge in [0.25, 0.3) is 0 Å². The van der Waals surface area contributed by atoms with Crippen molar-refractivity contribution >= 4 is 10.4 Å². The van der Waals surface area contributed by atoms with Gasteiger partial charge in [-0.15, -0.1) is 0 Å². The summed E-state index contributed by atoms with van der Waals surface area (Å²) in [4.78, 5) is 0. The molecule has 0 atom stereocenters. The monoisotopic (exact) mass is 153 g/mol. The van der Waals surface area contributed by atoms with Crippen molar-refractivity contribution in [2.75, 3.05) is 0 Å². The molecule has 6 heavy (non-hydrogen) atoms. The average molecular weight is 153 g/mol. The SMILES string of the molecule is O=S(=O)([O-])[O-].[Fe+2].[H]. The molecule has 0 heterocycles. The summed E-state index contributed by atoms with van der Waals surface area (Å²) in [7, 11) is -5.17. The van der Waals surface area contributed by atoms with E-state index >= 15 is 0 Å². The minimum Gasteiger partial charge on any atom is -0.759 e. The Hall–Kier alpha value is 0.389. The molecule has 0 spiro atoms. The van der Waals surface area contributed by atoms with E-state index in [1.165, 1.54) is 0 Å². The molecule has 0 amide bonds. The summed E-state index contributed by atoms with van der Waals surface area (Å²) < 4.78 is 34.1. The third kappa shape index (κ3) is 332. The first-order valence-corrected chi connectivity index (χ1v) is 2.00. The summed E-state index contributed by atoms with van der Waals surface area (Å²) in [5, 5.41) is 0. The normalized spacial score (nSPS) is 9.67. The molecular weight excluding hydrogens is 152 g/mol. The van der Waals surface area contributed by atoms with Crippen molar-refractivity contribution in [3.63, 3.8) is 0 Å². The van der Waals surface area contributed by atoms with Gasteiger partial charge in [-0.05, 0) is 0 Å². The second-order valence-electron chi connectivity index (χ2n) is 0.408. The van der Waals surface area contributed by atoms with Crippen molar-refractivity contribution in [1.29, 1.82) is 0 Å². The van der Waals surface area contributed by atoms with Crippen LogP contribution in [0.5, 0.6) is 0 Å². The zero-order chi connectivity index (χ0) is 4.50. The fourth-order valence-corrected chi connectivity index (χ4v) is 0. The molecule has 0 saturated carbocycles. The molecule has 0 aliphatic heterocycles. The van der Waals surface area contributed by atoms with Crippen LogP contribution >= 0.6 is 0 Å². The first-order chi connectivity index (χ1) is 2.00. The van der Waals surface area contributed by atoms with Gasteiger partial charge in [0.1, 0.15) is 0 Å². The van der Waals surface area contributed by atoms with Crippen LogP contribution < -0.4 is 0 Å². The van der Waals surface area contributed by atoms with Crippen LogP contribution in [0.25, 0.3) is 0 Å². The maximum atomic E-state index is 8.52. The van der Waals surface area contributed by atoms with E-state index in [0.29, 0.717) is 0 Å². The van der Waals surface area contributed by atoms with Crippen LogP contribution in [0.2, 0.25) is 0 Å². The quantitative estimate of drug-likeness (QED) is 0.248. The van der Waals surface area contributed by atoms with Crippen molar-refractivity contribution in [3.8, 4) is 0 Å². The summed E-state index contributed by atoms with van der Waals surface area (Å²) in [6.07, 6.45) is 0. The second-order valence-corrected chi connectivity index (χ2v) is 1.22. The molecule has 0 aliphatic carbocycles. The van der Waals surface area contributed by atoms with E-state index in [1.807, 2.05) is 0 Å². The maximum Gasteiger partial charge on any atom is 2.00 e. The minimum absolute atomic E-state index is 0. The van der Waals surface area contributed by atoms with Gasteiger partial charge in [0, 0.05) is 11.8 Å². The van der Waals surface area contributed by atoms with Gasteiger partial charge in [0.15, 0.2) is 0 Å². The third-order valence-electron chi connectivity index (χ3n) is 0. The first-order valence-electron chi connectivity index (χ1n) is 0.667. The number of hydrogen-bond donors (Lipinski definition) is 0. The van der Waals surface area contributed by atoms with Crippen molar-refractivity contribution in [1.82, 2.24) is 0 Å². The molecule has 39 valence electrons. The Bertz CT molecular complexity index is 94.9. The van der Waals surface area contributed by atoms with E-state index in [9.17, 15) is 0 Å². The summed E-state index contributed by atoms with van der Waals surface area (Å²) in [5.41, 5.74) is 0. The van der Waals surface area contributed by atoms with Crippen molar-refractivity contribution in [2.45, 2.75) is 0 Å². The molecule has 0 fully saturated rings. The van der Waals surface area contributed by atoms with E-state index in [2.05, 4.69) is 0 Å². The second kappa shape index (κ2) is 2.54. The van der Waals surface area contributed by atoms with Gasteiger partial charge in [-0.3, -0.25) is 8.42 Å². The number of hydrogen-bond acceptors (Lipinski definition) is 4. The molecule has 0 aromatic heterocycles. The molecule has 0 N–H and O–H groups in total. The van der Waals surface area contributed by atoms with E-state index in [0.717, 1.165) is 0 Å². The molecule has 0 aliphatic rings. The Labute approximate surface area is 47.1 Å². The molecule has 6 heteroatoms. The van der Waals surface area contributed by atoms with Gasteiger partial charge < -0.3 is 9.11 Å². The predicted molar refractivity (Wildman–Crippen MR) is 11.6 cm³/mol. The van der Waals surface area contributed by atoms with Crippen LogP contribution in [0.1, 0.15) is 1.43 Å². The molecule has 0 bridgehead atoms. The number of rotatable bonds is 0. The van der Waals surface area contributed by atoms with Gasteiger partial charge in [0.2, 0.25) is 0 Å². The van der Waals surface area contributed by atoms with Gasteiger partial charge >= 0.3 is 17.1 Å². The van der Waals surface area contributed by atoms with Crippen LogP contribution in [0.15, 0.2) is 0 Å². The standard InChI is InChI=1S/Fe.H2O4S.H/c;1-5(2,3)4;/h;(H2,1,2,3,4);/q+2;;/p-2. The Morgan fingerprint density at radius 1 is 1.33 bits per heavy atom. The molecular formula is HFeO4S. The minimum atomic E-state index is -5.17. The van der Waals surface area contributed by atoms with E-state index < -0.39 is 10.4 Å². The van der Waals surface area contributed by atoms with Crippen molar-refractivity contribution in [2.24, 2.45) is 0 Å². The zero-order valence-corrected chi connectivity index (χ0v) is 4.32. The van der Waals surface area contributed by atoms with Crippen LogP contribution in [0.4, 0.5) is 0 Å². The molecule has 4 nitrogen and oxygen atoms in total. The average Bonchev–Trinajstić information content (AvgIpc) is 0.722. The zero-order valence-electron chi connectivity index (χ0n) is 3.39. The van der Waals surface area contributed by atoms with Crippen molar-refractivity contribution < 1.29 is 36.0 Å². The van der Waals surface area contributed by atoms with Gasteiger partial charge in [-0.1, -0.05) is 0 Å². The van der Waals surface area contributed by atoms with E-state index in [4.69, 9.17) is 17.5 Å². The Balaban J connectivity index is -0.0000000800. The third-order valence-corrected chi connectivity index (χ3v) is 0. The molecule has 1 radical (unpaired) electrons. The topological polar surface area (TPSA) is 80.3 Å². The van der Waals surface area contributed by atoms with E-state index in [-0.39, 0.29) is 18.5 Å². The molecule has 0 aromatic carbocycles. The largest absolute Gasteiger partial charge is 2.00 e. The van der Waals surface area contributed by atoms with Crippen LogP contribution in [-0.4, -0.2) is 17.5 Å². The summed E-state index contributed by atoms with van der Waals surface area (Å²) in [6.45, 7) is 0. The van der Waals surface area contributed by atoms with Crippen molar-refractivity contribution in [3.05, 3.63) is 0 Å². The fourth-order valence-electron chi connectivity index (χ4n) is 0. The van der Waals surface area contributed by atoms with Crippen LogP contribution in [0.3, 0.4) is 0 Å². The fraction of sp³-hybridized carbons (Fsp3) is 0. The molecule has 0 saturated heterocycles. The Morgan fingerprint density at radius 3 is 1.33 bits per heavy atom. The van der Waals surface area contributed by atoms with Gasteiger partial charge in [-0.25, -0.2) is 0 Å². The maximum absolute atomic E-state index is 8.52. The summed E-state index contributed by atoms with van der Waals surface area (Å²) >= 11 is 0. The Morgan fingerprint density at radius 2 is 1.33 bits per heavy atom. The molecule has 0 aromatic rings. The van der Waals surface area contributed by atoms with Gasteiger partial charge in [0.05, 0.1) is 0 Å². The van der Waals surface area contributed by atoms with E-state index in [1.54, 1.807) is 0 Å². The van der Waals surface area contributed by atoms with Crippen LogP contribution in [0, 0.1) is 0 Å². The first kappa shape index (κ1) is 9.63. The smallest absolute Gasteiger partial charge is 0.759 e. The predicted octanol–water partition coefficient (Wildman–Crippen LogP) is -1.23.